The Morgan fingerprint density at radius 3 is 2.88 bits per heavy atom. The molecule has 0 spiro atoms. The summed E-state index contributed by atoms with van der Waals surface area (Å²) < 4.78 is 4.76. The Morgan fingerprint density at radius 1 is 1.88 bits per heavy atom. The van der Waals surface area contributed by atoms with Gasteiger partial charge in [0, 0.05) is 0 Å². The van der Waals surface area contributed by atoms with Gasteiger partial charge in [-0.05, 0) is 0 Å². The second-order valence-corrected chi connectivity index (χ2v) is 1.43. The molecule has 0 bridgehead atoms. The molecule has 0 aliphatic carbocycles. The predicted octanol–water partition coefficient (Wildman–Crippen LogP) is -3.79. The highest BCUT2D eigenvalue weighted by Crippen LogP contribution is 1.86. The molecule has 0 aromatic heterocycles. The third-order valence-electron chi connectivity index (χ3n) is 0.698. The van der Waals surface area contributed by atoms with E-state index in [0.717, 1.165) is 5.70 Å². The summed E-state index contributed by atoms with van der Waals surface area (Å²) in [6, 6.07) is 0. The van der Waals surface area contributed by atoms with Gasteiger partial charge in [-0.15, -0.1) is 0 Å². The summed E-state index contributed by atoms with van der Waals surface area (Å²) in [5.74, 6) is 0. The molecule has 0 saturated heterocycles. The number of hydrogen-bond donors (Lipinski definition) is 1. The summed E-state index contributed by atoms with van der Waals surface area (Å²) in [4.78, 5) is 2.79. The maximum absolute atomic E-state index is 5.28. The zero-order valence-corrected chi connectivity index (χ0v) is 5.54. The summed E-state index contributed by atoms with van der Waals surface area (Å²) in [7, 11) is 0. The average Bonchev–Trinajstić information content (AvgIpc) is 2.14. The Bertz CT molecular complexity index is 118. The van der Waals surface area contributed by atoms with Crippen LogP contribution in [0.2, 0.25) is 0 Å². The minimum absolute atomic E-state index is 0. The normalized spacial score (nSPS) is 20.4. The van der Waals surface area contributed by atoms with Gasteiger partial charge in [0.15, 0.2) is 6.61 Å². The van der Waals surface area contributed by atoms with Crippen LogP contribution in [0, 0.1) is 0 Å². The fourth-order valence-corrected chi connectivity index (χ4v) is 0.479. The van der Waals surface area contributed by atoms with Crippen LogP contribution < -0.4 is 17.4 Å². The third kappa shape index (κ3) is 1.72. The van der Waals surface area contributed by atoms with E-state index in [9.17, 15) is 0 Å². The zero-order valence-electron chi connectivity index (χ0n) is 4.03. The van der Waals surface area contributed by atoms with E-state index < -0.39 is 0 Å². The van der Waals surface area contributed by atoms with Crippen molar-refractivity contribution < 1.29 is 22.1 Å². The van der Waals surface area contributed by atoms with Crippen LogP contribution in [0.25, 0.3) is 0 Å². The quantitative estimate of drug-likeness (QED) is 0.380. The maximum atomic E-state index is 5.28. The largest absolute Gasteiger partial charge is 1.00 e. The zero-order chi connectivity index (χ0) is 5.11. The van der Waals surface area contributed by atoms with Crippen molar-refractivity contribution in [1.82, 2.24) is 0 Å². The monoisotopic (exact) mass is 153 g/mol. The van der Waals surface area contributed by atoms with Gasteiger partial charge in [-0.3, -0.25) is 0 Å². The van der Waals surface area contributed by atoms with Crippen LogP contribution in [-0.2, 0) is 4.74 Å². The van der Waals surface area contributed by atoms with Gasteiger partial charge in [0.05, 0.1) is 5.54 Å². The van der Waals surface area contributed by atoms with E-state index in [4.69, 9.17) is 16.3 Å². The van der Waals surface area contributed by atoms with Gasteiger partial charge in [-0.2, -0.15) is 4.99 Å². The molecule has 2 nitrogen and oxygen atoms in total. The molecule has 8 heavy (non-hydrogen) atoms. The number of nitrogens with one attached hydrogen (secondary N) is 1. The van der Waals surface area contributed by atoms with Crippen LogP contribution in [0.4, 0.5) is 0 Å². The van der Waals surface area contributed by atoms with E-state index in [1.54, 1.807) is 0 Å². The molecule has 0 fully saturated rings. The Kier molecular flexibility index (Phi) is 3.65. The molecule has 46 valence electrons. The topological polar surface area (TPSA) is 23.2 Å². The standard InChI is InChI=1S/C4H4ClNO.ClH/c5-1-4-2-7-3-6-4;/h1,3H,2H2;1H. The molecule has 4 heteroatoms. The highest BCUT2D eigenvalue weighted by Gasteiger charge is 2.05. The van der Waals surface area contributed by atoms with Crippen molar-refractivity contribution >= 4 is 18.0 Å². The van der Waals surface area contributed by atoms with Crippen LogP contribution in [0.1, 0.15) is 0 Å². The van der Waals surface area contributed by atoms with Crippen LogP contribution >= 0.6 is 11.6 Å². The molecule has 0 unspecified atom stereocenters. The minimum Gasteiger partial charge on any atom is -1.00 e. The molecule has 0 radical (unpaired) electrons. The second-order valence-electron chi connectivity index (χ2n) is 1.21. The van der Waals surface area contributed by atoms with Crippen LogP contribution in [0.5, 0.6) is 0 Å². The number of hydrogen-bond acceptors (Lipinski definition) is 1. The molecule has 1 heterocycles. The van der Waals surface area contributed by atoms with Gasteiger partial charge < -0.3 is 17.1 Å². The lowest BCUT2D eigenvalue weighted by molar-refractivity contribution is -0.384. The van der Waals surface area contributed by atoms with E-state index in [1.807, 2.05) is 0 Å². The average molecular weight is 154 g/mol. The molecule has 1 N–H and O–H groups in total. The van der Waals surface area contributed by atoms with Crippen LogP contribution in [-0.4, -0.2) is 13.0 Å². The van der Waals surface area contributed by atoms with E-state index >= 15 is 0 Å². The van der Waals surface area contributed by atoms with E-state index in [2.05, 4.69) is 4.99 Å². The van der Waals surface area contributed by atoms with Crippen molar-refractivity contribution in [3.8, 4) is 0 Å². The molecule has 0 aromatic carbocycles. The molecule has 1 aliphatic heterocycles. The summed E-state index contributed by atoms with van der Waals surface area (Å²) in [5.41, 5.74) is 2.37. The summed E-state index contributed by atoms with van der Waals surface area (Å²) in [6.45, 7) is 0.573. The second kappa shape index (κ2) is 3.75. The van der Waals surface area contributed by atoms with Gasteiger partial charge >= 0.3 is 6.40 Å². The van der Waals surface area contributed by atoms with Crippen LogP contribution in [0.3, 0.4) is 0 Å². The van der Waals surface area contributed by atoms with Crippen molar-refractivity contribution in [2.24, 2.45) is 0 Å². The van der Waals surface area contributed by atoms with Crippen molar-refractivity contribution in [2.45, 2.75) is 0 Å². The molecule has 1 aliphatic rings. The third-order valence-corrected chi connectivity index (χ3v) is 0.962. The lowest BCUT2D eigenvalue weighted by Gasteiger charge is -1.75. The Balaban J connectivity index is 0.000000490. The lowest BCUT2D eigenvalue weighted by Crippen LogP contribution is -3.00. The minimum atomic E-state index is 0. The van der Waals surface area contributed by atoms with Crippen molar-refractivity contribution in [3.05, 3.63) is 11.2 Å². The smallest absolute Gasteiger partial charge is 0.328 e. The Hall–Kier alpha value is -0.210. The summed E-state index contributed by atoms with van der Waals surface area (Å²) >= 11 is 5.28. The van der Waals surface area contributed by atoms with Crippen LogP contribution in [0.15, 0.2) is 11.2 Å². The van der Waals surface area contributed by atoms with E-state index in [-0.39, 0.29) is 12.4 Å². The molecule has 0 amide bonds. The first-order chi connectivity index (χ1) is 3.43. The van der Waals surface area contributed by atoms with Gasteiger partial charge in [-0.1, -0.05) is 11.6 Å². The van der Waals surface area contributed by atoms with Crippen molar-refractivity contribution in [1.29, 1.82) is 0 Å². The summed E-state index contributed by atoms with van der Waals surface area (Å²) in [5, 5.41) is 0. The van der Waals surface area contributed by atoms with E-state index in [1.165, 1.54) is 11.9 Å². The molecule has 0 saturated carbocycles. The lowest BCUT2D eigenvalue weighted by atomic mass is 10.6. The van der Waals surface area contributed by atoms with Crippen molar-refractivity contribution in [3.63, 3.8) is 0 Å². The Morgan fingerprint density at radius 2 is 2.62 bits per heavy atom. The fourth-order valence-electron chi connectivity index (χ4n) is 0.353. The van der Waals surface area contributed by atoms with Gasteiger partial charge in [-0.25, -0.2) is 0 Å². The molecule has 1 rings (SSSR count). The first-order valence-corrected chi connectivity index (χ1v) is 2.36. The van der Waals surface area contributed by atoms with Gasteiger partial charge in [0.2, 0.25) is 5.70 Å². The highest BCUT2D eigenvalue weighted by molar-refractivity contribution is 6.25. The van der Waals surface area contributed by atoms with Gasteiger partial charge in [0.25, 0.3) is 0 Å². The van der Waals surface area contributed by atoms with Gasteiger partial charge in [0.1, 0.15) is 0 Å². The highest BCUT2D eigenvalue weighted by atomic mass is 35.5. The summed E-state index contributed by atoms with van der Waals surface area (Å²) in [6.07, 6.45) is 1.51. The Labute approximate surface area is 58.6 Å². The first-order valence-electron chi connectivity index (χ1n) is 1.92. The fraction of sp³-hybridized carbons (Fsp3) is 0.250. The SMILES string of the molecule is ClC=C1COC=[NH+]1.[Cl-]. The molecule has 0 aromatic rings. The maximum Gasteiger partial charge on any atom is 0.328 e. The number of halogens is 2. The first kappa shape index (κ1) is 7.79. The molecule has 0 atom stereocenters. The predicted molar refractivity (Wildman–Crippen MR) is 26.9 cm³/mol. The van der Waals surface area contributed by atoms with Crippen molar-refractivity contribution in [2.75, 3.05) is 6.61 Å². The molecular formula is C4H5Cl2NO. The number of rotatable bonds is 0. The number of ether oxygens (including phenoxy) is 1. The molecular weight excluding hydrogens is 149 g/mol. The van der Waals surface area contributed by atoms with E-state index in [0.29, 0.717) is 6.61 Å².